The predicted octanol–water partition coefficient (Wildman–Crippen LogP) is 2.12. The minimum absolute atomic E-state index is 0.0873. The summed E-state index contributed by atoms with van der Waals surface area (Å²) in [5, 5.41) is 11.3. The van der Waals surface area contributed by atoms with E-state index < -0.39 is 41.4 Å². The van der Waals surface area contributed by atoms with E-state index in [1.165, 1.54) is 0 Å². The Kier molecular flexibility index (Phi) is 13.5. The number of ketones is 1. The number of nitrogens with zero attached hydrogens (tertiary/aromatic N) is 4. The number of carbonyl (C=O) groups excluding carboxylic acids is 3. The molecule has 0 saturated carbocycles. The van der Waals surface area contributed by atoms with Crippen LogP contribution in [0.4, 0.5) is 0 Å². The van der Waals surface area contributed by atoms with Crippen LogP contribution in [0.25, 0.3) is 0 Å². The Labute approximate surface area is 283 Å². The van der Waals surface area contributed by atoms with Gasteiger partial charge in [0.2, 0.25) is 5.91 Å². The minimum atomic E-state index is -1.45. The maximum atomic E-state index is 14.2. The molecule has 0 aromatic heterocycles. The molecular weight excluding hydrogens is 604 g/mol. The van der Waals surface area contributed by atoms with Crippen molar-refractivity contribution >= 4 is 17.7 Å². The van der Waals surface area contributed by atoms with Crippen LogP contribution in [0.1, 0.15) is 68.2 Å². The van der Waals surface area contributed by atoms with E-state index in [0.29, 0.717) is 25.9 Å². The molecule has 0 radical (unpaired) electrons. The van der Waals surface area contributed by atoms with Gasteiger partial charge in [0.15, 0.2) is 12.1 Å². The number of carbonyl (C=O) groups is 3. The molecule has 12 heteroatoms. The maximum absolute atomic E-state index is 14.2. The van der Waals surface area contributed by atoms with E-state index in [9.17, 15) is 19.5 Å². The molecule has 9 atom stereocenters. The Morgan fingerprint density at radius 2 is 1.70 bits per heavy atom. The number of aliphatic hydroxyl groups excluding tert-OH is 1. The molecule has 0 aromatic carbocycles. The molecule has 0 spiro atoms. The molecule has 12 nitrogen and oxygen atoms in total. The van der Waals surface area contributed by atoms with Crippen molar-refractivity contribution in [2.45, 2.75) is 117 Å². The molecule has 3 heterocycles. The molecule has 47 heavy (non-hydrogen) atoms. The van der Waals surface area contributed by atoms with Crippen molar-refractivity contribution in [1.29, 1.82) is 0 Å². The van der Waals surface area contributed by atoms with Crippen LogP contribution in [0, 0.1) is 23.2 Å². The van der Waals surface area contributed by atoms with Crippen LogP contribution in [-0.2, 0) is 33.3 Å². The molecule has 3 aliphatic rings. The van der Waals surface area contributed by atoms with Crippen LogP contribution in [0.3, 0.4) is 0 Å². The number of aliphatic hydroxyl groups is 1. The Bertz CT molecular complexity index is 1080. The van der Waals surface area contributed by atoms with Crippen LogP contribution in [-0.4, -0.2) is 159 Å². The highest BCUT2D eigenvalue weighted by atomic mass is 16.7. The summed E-state index contributed by atoms with van der Waals surface area (Å²) in [6, 6.07) is -0.140. The highest BCUT2D eigenvalue weighted by Gasteiger charge is 2.52. The molecule has 1 amide bonds. The number of rotatable bonds is 8. The second kappa shape index (κ2) is 15.9. The minimum Gasteiger partial charge on any atom is -0.463 e. The summed E-state index contributed by atoms with van der Waals surface area (Å²) in [6.07, 6.45) is -1.73. The number of hydrogen-bond donors (Lipinski definition) is 1. The third-order valence-corrected chi connectivity index (χ3v) is 11.0. The van der Waals surface area contributed by atoms with E-state index in [0.717, 1.165) is 13.1 Å². The van der Waals surface area contributed by atoms with Gasteiger partial charge < -0.3 is 33.9 Å². The molecule has 1 N–H and O–H groups in total. The first-order valence-electron chi connectivity index (χ1n) is 17.3. The zero-order chi connectivity index (χ0) is 35.6. The monoisotopic (exact) mass is 668 g/mol. The number of cyclic esters (lactones) is 1. The van der Waals surface area contributed by atoms with Crippen LogP contribution in [0.5, 0.6) is 0 Å². The fourth-order valence-corrected chi connectivity index (χ4v) is 7.63. The number of likely N-dealkylation sites (N-methyl/N-ethyl adjacent to an activating group) is 3. The van der Waals surface area contributed by atoms with Gasteiger partial charge in [0, 0.05) is 63.8 Å². The lowest BCUT2D eigenvalue weighted by atomic mass is 9.74. The number of esters is 1. The molecule has 0 aliphatic carbocycles. The van der Waals surface area contributed by atoms with Gasteiger partial charge in [-0.05, 0) is 81.4 Å². The van der Waals surface area contributed by atoms with Crippen LogP contribution in [0.15, 0.2) is 0 Å². The number of hydrogen-bond acceptors (Lipinski definition) is 11. The number of methoxy groups -OCH3 is 1. The van der Waals surface area contributed by atoms with Crippen LogP contribution < -0.4 is 0 Å². The first-order valence-corrected chi connectivity index (χ1v) is 17.3. The van der Waals surface area contributed by atoms with Crippen molar-refractivity contribution in [2.75, 3.05) is 68.1 Å². The van der Waals surface area contributed by atoms with Crippen LogP contribution in [0.2, 0.25) is 0 Å². The van der Waals surface area contributed by atoms with Gasteiger partial charge in [-0.3, -0.25) is 24.2 Å². The van der Waals surface area contributed by atoms with E-state index >= 15 is 0 Å². The summed E-state index contributed by atoms with van der Waals surface area (Å²) in [5.74, 6) is -1.30. The number of amides is 1. The van der Waals surface area contributed by atoms with Gasteiger partial charge in [-0.1, -0.05) is 13.8 Å². The summed E-state index contributed by atoms with van der Waals surface area (Å²) in [5.41, 5.74) is -2.41. The normalized spacial score (nSPS) is 37.1. The number of Topliss-reactive ketones (excluding diaryl/α,β-unsaturated/α-hetero) is 1. The third-order valence-electron chi connectivity index (χ3n) is 11.0. The molecule has 3 rings (SSSR count). The van der Waals surface area contributed by atoms with Gasteiger partial charge in [0.25, 0.3) is 0 Å². The highest BCUT2D eigenvalue weighted by Crippen LogP contribution is 2.38. The SMILES string of the molecule is CO[C@]1(C)C[C@@H](C)CN(C)[C@H](C2CN(CC(=O)N(C)C(C)C)C2)COC(=O)C(C)(C)C(=O)[C@H](C)[C@H]1O[C@@H]1O[C@H](C)C[C@H](N(C)C)[C@H]1O. The maximum Gasteiger partial charge on any atom is 0.319 e. The summed E-state index contributed by atoms with van der Waals surface area (Å²) < 4.78 is 24.9. The lowest BCUT2D eigenvalue weighted by Crippen LogP contribution is -2.60. The topological polar surface area (TPSA) is 121 Å². The first-order chi connectivity index (χ1) is 21.7. The molecule has 3 aliphatic heterocycles. The number of ether oxygens (including phenoxy) is 4. The van der Waals surface area contributed by atoms with Crippen molar-refractivity contribution < 1.29 is 38.4 Å². The van der Waals surface area contributed by atoms with E-state index in [1.807, 2.05) is 60.8 Å². The average molecular weight is 669 g/mol. The quantitative estimate of drug-likeness (QED) is 0.303. The molecule has 3 fully saturated rings. The molecule has 3 saturated heterocycles. The third kappa shape index (κ3) is 9.12. The van der Waals surface area contributed by atoms with Gasteiger partial charge in [0.05, 0.1) is 24.4 Å². The van der Waals surface area contributed by atoms with Crippen molar-refractivity contribution in [3.8, 4) is 0 Å². The lowest BCUT2D eigenvalue weighted by Gasteiger charge is -2.47. The van der Waals surface area contributed by atoms with E-state index in [4.69, 9.17) is 18.9 Å². The summed E-state index contributed by atoms with van der Waals surface area (Å²) in [7, 11) is 9.32. The first kappa shape index (κ1) is 39.8. The van der Waals surface area contributed by atoms with E-state index in [-0.39, 0.29) is 54.4 Å². The Hall–Kier alpha value is -1.67. The fraction of sp³-hybridized carbons (Fsp3) is 0.914. The molecule has 0 aromatic rings. The standard InChI is InChI=1S/C35H64N4O8/c1-21(2)38(12)28(40)19-39-17-25(18-39)27-20-45-33(43)34(6,7)30(42)24(5)31(35(8,44-13)15-22(3)16-37(27)11)47-32-29(41)26(36(9)10)14-23(4)46-32/h21-27,29,31-32,41H,14-20H2,1-13H3/t22-,23-,24+,26+,27+,29-,31-,32+,35-/m1/s1. The second-order valence-electron chi connectivity index (χ2n) is 15.9. The van der Waals surface area contributed by atoms with Gasteiger partial charge >= 0.3 is 5.97 Å². The predicted molar refractivity (Wildman–Crippen MR) is 180 cm³/mol. The van der Waals surface area contributed by atoms with Gasteiger partial charge in [-0.25, -0.2) is 0 Å². The van der Waals surface area contributed by atoms with Crippen molar-refractivity contribution in [2.24, 2.45) is 23.2 Å². The van der Waals surface area contributed by atoms with Crippen molar-refractivity contribution in [3.63, 3.8) is 0 Å². The Balaban J connectivity index is 1.89. The Morgan fingerprint density at radius 3 is 2.26 bits per heavy atom. The zero-order valence-corrected chi connectivity index (χ0v) is 31.3. The highest BCUT2D eigenvalue weighted by molar-refractivity contribution is 6.04. The fourth-order valence-electron chi connectivity index (χ4n) is 7.63. The summed E-state index contributed by atoms with van der Waals surface area (Å²) in [4.78, 5) is 48.7. The van der Waals surface area contributed by atoms with Crippen molar-refractivity contribution in [3.05, 3.63) is 0 Å². The van der Waals surface area contributed by atoms with Gasteiger partial charge in [-0.15, -0.1) is 0 Å². The summed E-state index contributed by atoms with van der Waals surface area (Å²) >= 11 is 0. The molecular formula is C35H64N4O8. The Morgan fingerprint density at radius 1 is 1.09 bits per heavy atom. The average Bonchev–Trinajstić information content (AvgIpc) is 2.97. The lowest BCUT2D eigenvalue weighted by molar-refractivity contribution is -0.295. The van der Waals surface area contributed by atoms with Gasteiger partial charge in [-0.2, -0.15) is 0 Å². The van der Waals surface area contributed by atoms with E-state index in [2.05, 4.69) is 16.7 Å². The van der Waals surface area contributed by atoms with E-state index in [1.54, 1.807) is 32.8 Å². The van der Waals surface area contributed by atoms with Crippen molar-refractivity contribution in [1.82, 2.24) is 19.6 Å². The second-order valence-corrected chi connectivity index (χ2v) is 15.9. The van der Waals surface area contributed by atoms with Gasteiger partial charge in [0.1, 0.15) is 18.1 Å². The summed E-state index contributed by atoms with van der Waals surface area (Å²) in [6.45, 7) is 17.7. The molecule has 0 unspecified atom stereocenters. The zero-order valence-electron chi connectivity index (χ0n) is 31.3. The molecule has 0 bridgehead atoms. The smallest absolute Gasteiger partial charge is 0.319 e. The number of likely N-dealkylation sites (tertiary alicyclic amines) is 1. The molecule has 272 valence electrons. The largest absolute Gasteiger partial charge is 0.463 e. The van der Waals surface area contributed by atoms with Crippen LogP contribution >= 0.6 is 0 Å².